The van der Waals surface area contributed by atoms with Crippen molar-refractivity contribution in [1.82, 2.24) is 5.48 Å². The van der Waals surface area contributed by atoms with Crippen molar-refractivity contribution in [3.8, 4) is 5.75 Å². The normalized spacial score (nSPS) is 19.2. The van der Waals surface area contributed by atoms with Crippen molar-refractivity contribution in [2.45, 2.75) is 32.2 Å². The van der Waals surface area contributed by atoms with E-state index < -0.39 is 0 Å². The van der Waals surface area contributed by atoms with Gasteiger partial charge in [0.15, 0.2) is 0 Å². The minimum Gasteiger partial charge on any atom is -0.497 e. The molecule has 0 spiro atoms. The van der Waals surface area contributed by atoms with Crippen LogP contribution in [0.2, 0.25) is 0 Å². The number of hydrogen-bond donors (Lipinski definition) is 1. The summed E-state index contributed by atoms with van der Waals surface area (Å²) in [5.41, 5.74) is 5.85. The van der Waals surface area contributed by atoms with Gasteiger partial charge in [0.1, 0.15) is 5.75 Å². The van der Waals surface area contributed by atoms with E-state index in [4.69, 9.17) is 9.57 Å². The summed E-state index contributed by atoms with van der Waals surface area (Å²) in [5, 5.41) is 0. The molecule has 1 aromatic rings. The summed E-state index contributed by atoms with van der Waals surface area (Å²) in [6, 6.07) is 6.62. The predicted molar refractivity (Wildman–Crippen MR) is 63.4 cm³/mol. The molecule has 2 rings (SSSR count). The molecule has 0 saturated heterocycles. The van der Waals surface area contributed by atoms with Gasteiger partial charge in [-0.2, -0.15) is 5.48 Å². The smallest absolute Gasteiger partial charge is 0.119 e. The molecule has 0 heterocycles. The zero-order chi connectivity index (χ0) is 11.4. The molecule has 1 N–H and O–H groups in total. The number of rotatable bonds is 4. The van der Waals surface area contributed by atoms with Crippen LogP contribution in [-0.4, -0.2) is 13.7 Å². The number of fused-ring (bicyclic) bond motifs is 1. The number of methoxy groups -OCH3 is 1. The quantitative estimate of drug-likeness (QED) is 0.793. The van der Waals surface area contributed by atoms with Crippen molar-refractivity contribution >= 4 is 0 Å². The minimum absolute atomic E-state index is 0.328. The van der Waals surface area contributed by atoms with Gasteiger partial charge in [-0.1, -0.05) is 6.07 Å². The van der Waals surface area contributed by atoms with E-state index in [1.165, 1.54) is 17.5 Å². The van der Waals surface area contributed by atoms with Crippen LogP contribution in [0.1, 0.15) is 36.9 Å². The van der Waals surface area contributed by atoms with Crippen LogP contribution < -0.4 is 10.2 Å². The van der Waals surface area contributed by atoms with E-state index in [2.05, 4.69) is 17.6 Å². The largest absolute Gasteiger partial charge is 0.497 e. The molecule has 0 bridgehead atoms. The molecule has 1 aliphatic rings. The van der Waals surface area contributed by atoms with Gasteiger partial charge in [-0.25, -0.2) is 0 Å². The molecule has 16 heavy (non-hydrogen) atoms. The first-order valence-electron chi connectivity index (χ1n) is 5.89. The Labute approximate surface area is 96.7 Å². The Bertz CT molecular complexity index is 352. The van der Waals surface area contributed by atoms with Crippen molar-refractivity contribution < 1.29 is 9.57 Å². The number of aryl methyl sites for hydroxylation is 1. The SMILES string of the molecule is CCONC1CCCc2cc(OC)ccc21. The molecule has 0 aliphatic heterocycles. The van der Waals surface area contributed by atoms with Gasteiger partial charge in [-0.15, -0.1) is 0 Å². The van der Waals surface area contributed by atoms with Crippen molar-refractivity contribution in [2.24, 2.45) is 0 Å². The van der Waals surface area contributed by atoms with E-state index in [0.717, 1.165) is 18.6 Å². The van der Waals surface area contributed by atoms with Crippen molar-refractivity contribution in [3.63, 3.8) is 0 Å². The molecule has 0 fully saturated rings. The summed E-state index contributed by atoms with van der Waals surface area (Å²) < 4.78 is 5.24. The lowest BCUT2D eigenvalue weighted by Gasteiger charge is -2.26. The monoisotopic (exact) mass is 221 g/mol. The van der Waals surface area contributed by atoms with E-state index in [0.29, 0.717) is 12.6 Å². The Hall–Kier alpha value is -1.06. The summed E-state index contributed by atoms with van der Waals surface area (Å²) in [5.74, 6) is 0.941. The van der Waals surface area contributed by atoms with Crippen molar-refractivity contribution in [1.29, 1.82) is 0 Å². The lowest BCUT2D eigenvalue weighted by atomic mass is 9.88. The number of benzene rings is 1. The Morgan fingerprint density at radius 2 is 2.31 bits per heavy atom. The van der Waals surface area contributed by atoms with Gasteiger partial charge < -0.3 is 9.57 Å². The number of hydroxylamine groups is 1. The first kappa shape index (κ1) is 11.4. The summed E-state index contributed by atoms with van der Waals surface area (Å²) in [7, 11) is 1.71. The van der Waals surface area contributed by atoms with Crippen molar-refractivity contribution in [2.75, 3.05) is 13.7 Å². The lowest BCUT2D eigenvalue weighted by Crippen LogP contribution is -2.25. The second-order valence-corrected chi connectivity index (χ2v) is 4.06. The highest BCUT2D eigenvalue weighted by Gasteiger charge is 2.20. The molecule has 0 radical (unpaired) electrons. The van der Waals surface area contributed by atoms with E-state index in [1.54, 1.807) is 7.11 Å². The average Bonchev–Trinajstić information content (AvgIpc) is 2.35. The van der Waals surface area contributed by atoms with Crippen molar-refractivity contribution in [3.05, 3.63) is 29.3 Å². The van der Waals surface area contributed by atoms with Gasteiger partial charge in [-0.3, -0.25) is 0 Å². The van der Waals surface area contributed by atoms with E-state index in [-0.39, 0.29) is 0 Å². The minimum atomic E-state index is 0.328. The maximum atomic E-state index is 5.31. The average molecular weight is 221 g/mol. The fourth-order valence-electron chi connectivity index (χ4n) is 2.22. The topological polar surface area (TPSA) is 30.5 Å². The third-order valence-electron chi connectivity index (χ3n) is 3.03. The van der Waals surface area contributed by atoms with Crippen LogP contribution in [0.25, 0.3) is 0 Å². The van der Waals surface area contributed by atoms with Crippen LogP contribution in [0, 0.1) is 0 Å². The van der Waals surface area contributed by atoms with Gasteiger partial charge in [0.25, 0.3) is 0 Å². The summed E-state index contributed by atoms with van der Waals surface area (Å²) in [6.45, 7) is 2.69. The zero-order valence-electron chi connectivity index (χ0n) is 9.95. The van der Waals surface area contributed by atoms with Gasteiger partial charge in [-0.05, 0) is 49.4 Å². The first-order chi connectivity index (χ1) is 7.85. The van der Waals surface area contributed by atoms with Crippen LogP contribution >= 0.6 is 0 Å². The van der Waals surface area contributed by atoms with Gasteiger partial charge in [0.05, 0.1) is 19.8 Å². The molecule has 3 heteroatoms. The molecule has 88 valence electrons. The highest BCUT2D eigenvalue weighted by Crippen LogP contribution is 2.31. The molecular weight excluding hydrogens is 202 g/mol. The van der Waals surface area contributed by atoms with Gasteiger partial charge >= 0.3 is 0 Å². The molecule has 1 atom stereocenters. The Kier molecular flexibility index (Phi) is 3.80. The van der Waals surface area contributed by atoms with E-state index >= 15 is 0 Å². The number of hydrogen-bond acceptors (Lipinski definition) is 3. The number of nitrogens with one attached hydrogen (secondary N) is 1. The molecule has 0 saturated carbocycles. The molecular formula is C13H19NO2. The maximum Gasteiger partial charge on any atom is 0.119 e. The van der Waals surface area contributed by atoms with E-state index in [1.807, 2.05) is 13.0 Å². The molecule has 1 aliphatic carbocycles. The fraction of sp³-hybridized carbons (Fsp3) is 0.538. The maximum absolute atomic E-state index is 5.31. The van der Waals surface area contributed by atoms with Crippen LogP contribution in [0.4, 0.5) is 0 Å². The fourth-order valence-corrected chi connectivity index (χ4v) is 2.22. The van der Waals surface area contributed by atoms with Gasteiger partial charge in [0.2, 0.25) is 0 Å². The standard InChI is InChI=1S/C13H19NO2/c1-3-16-14-13-6-4-5-10-9-11(15-2)7-8-12(10)13/h7-9,13-14H,3-6H2,1-2H3. The number of ether oxygens (including phenoxy) is 1. The zero-order valence-corrected chi connectivity index (χ0v) is 9.95. The van der Waals surface area contributed by atoms with Crippen LogP contribution in [0.15, 0.2) is 18.2 Å². The predicted octanol–water partition coefficient (Wildman–Crippen LogP) is 2.61. The van der Waals surface area contributed by atoms with Crippen LogP contribution in [0.3, 0.4) is 0 Å². The van der Waals surface area contributed by atoms with Crippen LogP contribution in [0.5, 0.6) is 5.75 Å². The van der Waals surface area contributed by atoms with Gasteiger partial charge in [0, 0.05) is 0 Å². The highest BCUT2D eigenvalue weighted by molar-refractivity contribution is 5.38. The summed E-state index contributed by atoms with van der Waals surface area (Å²) >= 11 is 0. The Balaban J connectivity index is 2.18. The molecule has 0 amide bonds. The molecule has 0 aromatic heterocycles. The summed E-state index contributed by atoms with van der Waals surface area (Å²) in [6.07, 6.45) is 3.47. The highest BCUT2D eigenvalue weighted by atomic mass is 16.6. The first-order valence-corrected chi connectivity index (χ1v) is 5.89. The van der Waals surface area contributed by atoms with Crippen LogP contribution in [-0.2, 0) is 11.3 Å². The molecule has 3 nitrogen and oxygen atoms in total. The van der Waals surface area contributed by atoms with E-state index in [9.17, 15) is 0 Å². The third kappa shape index (κ3) is 2.36. The molecule has 1 unspecified atom stereocenters. The Morgan fingerprint density at radius 1 is 1.44 bits per heavy atom. The Morgan fingerprint density at radius 3 is 3.06 bits per heavy atom. The second kappa shape index (κ2) is 5.32. The third-order valence-corrected chi connectivity index (χ3v) is 3.03. The lowest BCUT2D eigenvalue weighted by molar-refractivity contribution is 0.0197. The summed E-state index contributed by atoms with van der Waals surface area (Å²) in [4.78, 5) is 5.31. The second-order valence-electron chi connectivity index (χ2n) is 4.06. The molecule has 1 aromatic carbocycles.